The molecule has 0 heterocycles. The van der Waals surface area contributed by atoms with Gasteiger partial charge in [0.2, 0.25) is 5.91 Å². The fraction of sp³-hybridized carbons (Fsp3) is 0. The minimum absolute atomic E-state index is 0.00231. The van der Waals surface area contributed by atoms with Crippen LogP contribution in [0.4, 0.5) is 10.1 Å². The number of benzene rings is 3. The molecule has 3 rings (SSSR count). The van der Waals surface area contributed by atoms with Gasteiger partial charge in [-0.25, -0.2) is 9.18 Å². The van der Waals surface area contributed by atoms with Gasteiger partial charge in [0.1, 0.15) is 5.82 Å². The third-order valence-corrected chi connectivity index (χ3v) is 3.92. The summed E-state index contributed by atoms with van der Waals surface area (Å²) >= 11 is 0. The molecular weight excluding hydrogens is 345 g/mol. The standard InChI is InChI=1S/C22H16FNO3/c23-19-14-15(10-12-17(19)16-6-2-1-3-7-16)11-13-21(25)24-20-9-5-4-8-18(20)22(26)27/h1-14H,(H,24,25)(H,26,27). The molecule has 134 valence electrons. The molecule has 0 atom stereocenters. The molecule has 0 aliphatic rings. The molecule has 0 saturated carbocycles. The van der Waals surface area contributed by atoms with Crippen LogP contribution in [0.1, 0.15) is 15.9 Å². The highest BCUT2D eigenvalue weighted by Gasteiger charge is 2.10. The highest BCUT2D eigenvalue weighted by molar-refractivity contribution is 6.06. The van der Waals surface area contributed by atoms with Crippen molar-refractivity contribution in [2.75, 3.05) is 5.32 Å². The van der Waals surface area contributed by atoms with Crippen LogP contribution in [0.3, 0.4) is 0 Å². The Bertz CT molecular complexity index is 1010. The maximum Gasteiger partial charge on any atom is 0.337 e. The zero-order chi connectivity index (χ0) is 19.2. The molecule has 0 aliphatic heterocycles. The smallest absolute Gasteiger partial charge is 0.337 e. The van der Waals surface area contributed by atoms with Crippen LogP contribution >= 0.6 is 0 Å². The van der Waals surface area contributed by atoms with Gasteiger partial charge in [-0.1, -0.05) is 54.6 Å². The Labute approximate surface area is 155 Å². The van der Waals surface area contributed by atoms with Crippen molar-refractivity contribution in [3.63, 3.8) is 0 Å². The lowest BCUT2D eigenvalue weighted by atomic mass is 10.0. The van der Waals surface area contributed by atoms with E-state index in [1.54, 1.807) is 24.3 Å². The van der Waals surface area contributed by atoms with Crippen molar-refractivity contribution < 1.29 is 19.1 Å². The molecule has 3 aromatic rings. The molecule has 2 N–H and O–H groups in total. The van der Waals surface area contributed by atoms with E-state index >= 15 is 0 Å². The Kier molecular flexibility index (Phi) is 5.42. The van der Waals surface area contributed by atoms with Gasteiger partial charge in [-0.2, -0.15) is 0 Å². The third-order valence-electron chi connectivity index (χ3n) is 3.92. The lowest BCUT2D eigenvalue weighted by Gasteiger charge is -2.06. The van der Waals surface area contributed by atoms with Gasteiger partial charge in [0.15, 0.2) is 0 Å². The topological polar surface area (TPSA) is 66.4 Å². The first-order valence-corrected chi connectivity index (χ1v) is 8.21. The van der Waals surface area contributed by atoms with E-state index in [1.807, 2.05) is 30.3 Å². The minimum atomic E-state index is -1.13. The number of amides is 1. The summed E-state index contributed by atoms with van der Waals surface area (Å²) in [7, 11) is 0. The SMILES string of the molecule is O=C(C=Cc1ccc(-c2ccccc2)c(F)c1)Nc1ccccc1C(=O)O. The van der Waals surface area contributed by atoms with E-state index in [4.69, 9.17) is 5.11 Å². The molecule has 0 unspecified atom stereocenters. The summed E-state index contributed by atoms with van der Waals surface area (Å²) in [6, 6.07) is 20.0. The number of carbonyl (C=O) groups excluding carboxylic acids is 1. The number of para-hydroxylation sites is 1. The highest BCUT2D eigenvalue weighted by Crippen LogP contribution is 2.23. The first-order chi connectivity index (χ1) is 13.0. The number of carbonyl (C=O) groups is 2. The summed E-state index contributed by atoms with van der Waals surface area (Å²) in [6.07, 6.45) is 2.70. The molecule has 4 nitrogen and oxygen atoms in total. The van der Waals surface area contributed by atoms with Crippen molar-refractivity contribution in [2.24, 2.45) is 0 Å². The molecule has 3 aromatic carbocycles. The van der Waals surface area contributed by atoms with E-state index in [1.165, 1.54) is 30.4 Å². The number of aromatic carboxylic acids is 1. The maximum absolute atomic E-state index is 14.3. The monoisotopic (exact) mass is 361 g/mol. The number of halogens is 1. The van der Waals surface area contributed by atoms with Gasteiger partial charge in [-0.15, -0.1) is 0 Å². The van der Waals surface area contributed by atoms with E-state index in [9.17, 15) is 14.0 Å². The lowest BCUT2D eigenvalue weighted by Crippen LogP contribution is -2.11. The van der Waals surface area contributed by atoms with Crippen LogP contribution in [0.15, 0.2) is 78.9 Å². The van der Waals surface area contributed by atoms with E-state index < -0.39 is 11.9 Å². The molecule has 0 bridgehead atoms. The van der Waals surface area contributed by atoms with Crippen molar-refractivity contribution in [1.29, 1.82) is 0 Å². The van der Waals surface area contributed by atoms with Gasteiger partial charge in [0.05, 0.1) is 11.3 Å². The van der Waals surface area contributed by atoms with E-state index in [2.05, 4.69) is 5.32 Å². The summed E-state index contributed by atoms with van der Waals surface area (Å²) in [5.41, 5.74) is 1.97. The quantitative estimate of drug-likeness (QED) is 0.639. The van der Waals surface area contributed by atoms with Gasteiger partial charge in [-0.05, 0) is 35.4 Å². The average molecular weight is 361 g/mol. The second kappa shape index (κ2) is 8.10. The van der Waals surface area contributed by atoms with Crippen LogP contribution in [0, 0.1) is 5.82 Å². The van der Waals surface area contributed by atoms with Crippen LogP contribution < -0.4 is 5.32 Å². The predicted molar refractivity (Wildman–Crippen MR) is 103 cm³/mol. The number of anilines is 1. The second-order valence-electron chi connectivity index (χ2n) is 5.78. The van der Waals surface area contributed by atoms with Gasteiger partial charge >= 0.3 is 5.97 Å². The molecule has 0 aromatic heterocycles. The molecule has 1 amide bonds. The number of hydrogen-bond donors (Lipinski definition) is 2. The minimum Gasteiger partial charge on any atom is -0.478 e. The number of carboxylic acids is 1. The molecule has 0 fully saturated rings. The molecule has 0 aliphatic carbocycles. The number of nitrogens with one attached hydrogen (secondary N) is 1. The molecule has 5 heteroatoms. The predicted octanol–water partition coefficient (Wildman–Crippen LogP) is 4.84. The Morgan fingerprint density at radius 2 is 1.63 bits per heavy atom. The Morgan fingerprint density at radius 3 is 2.33 bits per heavy atom. The lowest BCUT2D eigenvalue weighted by molar-refractivity contribution is -0.111. The second-order valence-corrected chi connectivity index (χ2v) is 5.78. The number of hydrogen-bond acceptors (Lipinski definition) is 2. The molecule has 0 radical (unpaired) electrons. The maximum atomic E-state index is 14.3. The largest absolute Gasteiger partial charge is 0.478 e. The molecular formula is C22H16FNO3. The average Bonchev–Trinajstić information content (AvgIpc) is 2.67. The molecule has 27 heavy (non-hydrogen) atoms. The third kappa shape index (κ3) is 4.46. The number of rotatable bonds is 5. The Hall–Kier alpha value is -3.73. The van der Waals surface area contributed by atoms with Gasteiger partial charge in [0, 0.05) is 11.6 Å². The molecule has 0 spiro atoms. The first kappa shape index (κ1) is 18.1. The summed E-state index contributed by atoms with van der Waals surface area (Å²) in [5.74, 6) is -2.02. The van der Waals surface area contributed by atoms with Crippen LogP contribution in [-0.2, 0) is 4.79 Å². The van der Waals surface area contributed by atoms with Crippen LogP contribution in [0.2, 0.25) is 0 Å². The highest BCUT2D eigenvalue weighted by atomic mass is 19.1. The zero-order valence-electron chi connectivity index (χ0n) is 14.2. The summed E-state index contributed by atoms with van der Waals surface area (Å²) in [6.45, 7) is 0. The Balaban J connectivity index is 1.74. The van der Waals surface area contributed by atoms with E-state index in [-0.39, 0.29) is 17.1 Å². The fourth-order valence-corrected chi connectivity index (χ4v) is 2.61. The summed E-state index contributed by atoms with van der Waals surface area (Å²) < 4.78 is 14.3. The summed E-state index contributed by atoms with van der Waals surface area (Å²) in [4.78, 5) is 23.2. The first-order valence-electron chi connectivity index (χ1n) is 8.21. The van der Waals surface area contributed by atoms with Crippen molar-refractivity contribution in [3.05, 3.63) is 95.8 Å². The molecule has 0 saturated heterocycles. The van der Waals surface area contributed by atoms with E-state index in [0.717, 1.165) is 5.56 Å². The van der Waals surface area contributed by atoms with Gasteiger partial charge in [-0.3, -0.25) is 4.79 Å². The van der Waals surface area contributed by atoms with Crippen LogP contribution in [0.25, 0.3) is 17.2 Å². The van der Waals surface area contributed by atoms with Gasteiger partial charge in [0.25, 0.3) is 0 Å². The fourth-order valence-electron chi connectivity index (χ4n) is 2.61. The normalized spacial score (nSPS) is 10.7. The van der Waals surface area contributed by atoms with Crippen LogP contribution in [-0.4, -0.2) is 17.0 Å². The van der Waals surface area contributed by atoms with Crippen LogP contribution in [0.5, 0.6) is 0 Å². The van der Waals surface area contributed by atoms with Crippen molar-refractivity contribution in [1.82, 2.24) is 0 Å². The van der Waals surface area contributed by atoms with Crippen molar-refractivity contribution in [3.8, 4) is 11.1 Å². The van der Waals surface area contributed by atoms with Crippen molar-refractivity contribution in [2.45, 2.75) is 0 Å². The number of carboxylic acid groups (broad SMARTS) is 1. The van der Waals surface area contributed by atoms with E-state index in [0.29, 0.717) is 11.1 Å². The van der Waals surface area contributed by atoms with Crippen molar-refractivity contribution >= 4 is 23.6 Å². The summed E-state index contributed by atoms with van der Waals surface area (Å²) in [5, 5.41) is 11.6. The van der Waals surface area contributed by atoms with Gasteiger partial charge < -0.3 is 10.4 Å². The Morgan fingerprint density at radius 1 is 0.926 bits per heavy atom. The zero-order valence-corrected chi connectivity index (χ0v) is 14.2.